The van der Waals surface area contributed by atoms with E-state index in [9.17, 15) is 4.39 Å². The van der Waals surface area contributed by atoms with Gasteiger partial charge in [0.05, 0.1) is 13.7 Å². The van der Waals surface area contributed by atoms with Crippen LogP contribution >= 0.6 is 24.0 Å². The number of halogens is 2. The lowest BCUT2D eigenvalue weighted by Crippen LogP contribution is -2.22. The minimum atomic E-state index is -0.405. The standard InChI is InChI=1S/C17H20FN3O.HI/c1-3-12-5-4-6-14(9-12)21-17(19)20-11-13-7-8-16(22-2)15(18)10-13;/h4-10H,3,11H2,1-2H3,(H3,19,20,21);1H. The largest absolute Gasteiger partial charge is 0.494 e. The third-order valence-electron chi connectivity index (χ3n) is 3.26. The van der Waals surface area contributed by atoms with Crippen molar-refractivity contribution in [1.29, 1.82) is 0 Å². The molecule has 0 bridgehead atoms. The van der Waals surface area contributed by atoms with Crippen molar-refractivity contribution in [3.63, 3.8) is 0 Å². The van der Waals surface area contributed by atoms with Crippen LogP contribution < -0.4 is 15.8 Å². The molecule has 6 heteroatoms. The molecule has 0 aromatic heterocycles. The average Bonchev–Trinajstić information content (AvgIpc) is 2.53. The summed E-state index contributed by atoms with van der Waals surface area (Å²) in [6, 6.07) is 12.7. The Hall–Kier alpha value is -1.83. The van der Waals surface area contributed by atoms with Gasteiger partial charge in [-0.05, 0) is 41.8 Å². The summed E-state index contributed by atoms with van der Waals surface area (Å²) < 4.78 is 18.5. The Kier molecular flexibility index (Phi) is 7.80. The summed E-state index contributed by atoms with van der Waals surface area (Å²) in [6.07, 6.45) is 0.956. The minimum absolute atomic E-state index is 0. The monoisotopic (exact) mass is 429 g/mol. The van der Waals surface area contributed by atoms with E-state index < -0.39 is 5.82 Å². The van der Waals surface area contributed by atoms with Gasteiger partial charge in [-0.1, -0.05) is 25.1 Å². The van der Waals surface area contributed by atoms with Gasteiger partial charge in [-0.15, -0.1) is 24.0 Å². The lowest BCUT2D eigenvalue weighted by atomic mass is 10.1. The number of ether oxygens (including phenoxy) is 1. The number of nitrogens with two attached hydrogens (primary N) is 1. The molecule has 0 fully saturated rings. The number of aryl methyl sites for hydroxylation is 1. The van der Waals surface area contributed by atoms with Crippen LogP contribution in [0.4, 0.5) is 10.1 Å². The molecular weight excluding hydrogens is 408 g/mol. The fourth-order valence-electron chi connectivity index (χ4n) is 2.04. The van der Waals surface area contributed by atoms with Crippen LogP contribution in [0.3, 0.4) is 0 Å². The highest BCUT2D eigenvalue weighted by molar-refractivity contribution is 14.0. The van der Waals surface area contributed by atoms with Gasteiger partial charge in [0.25, 0.3) is 0 Å². The molecule has 0 saturated heterocycles. The van der Waals surface area contributed by atoms with Gasteiger partial charge >= 0.3 is 0 Å². The topological polar surface area (TPSA) is 59.6 Å². The second kappa shape index (κ2) is 9.34. The van der Waals surface area contributed by atoms with Gasteiger partial charge in [0.15, 0.2) is 17.5 Å². The van der Waals surface area contributed by atoms with Crippen LogP contribution in [0.15, 0.2) is 47.5 Å². The Morgan fingerprint density at radius 2 is 2.00 bits per heavy atom. The number of guanidine groups is 1. The fourth-order valence-corrected chi connectivity index (χ4v) is 2.04. The van der Waals surface area contributed by atoms with Crippen LogP contribution in [0.2, 0.25) is 0 Å². The summed E-state index contributed by atoms with van der Waals surface area (Å²) >= 11 is 0. The van der Waals surface area contributed by atoms with Gasteiger partial charge in [-0.2, -0.15) is 0 Å². The Labute approximate surface area is 153 Å². The molecule has 2 aromatic rings. The Morgan fingerprint density at radius 1 is 1.22 bits per heavy atom. The molecule has 0 unspecified atom stereocenters. The smallest absolute Gasteiger partial charge is 0.193 e. The molecule has 0 saturated carbocycles. The Balaban J connectivity index is 0.00000264. The zero-order valence-corrected chi connectivity index (χ0v) is 15.5. The number of methoxy groups -OCH3 is 1. The quantitative estimate of drug-likeness (QED) is 0.430. The van der Waals surface area contributed by atoms with Gasteiger partial charge in [0.2, 0.25) is 0 Å². The summed E-state index contributed by atoms with van der Waals surface area (Å²) in [5.41, 5.74) is 8.69. The van der Waals surface area contributed by atoms with E-state index in [2.05, 4.69) is 23.3 Å². The summed E-state index contributed by atoms with van der Waals surface area (Å²) in [6.45, 7) is 2.39. The van der Waals surface area contributed by atoms with Crippen molar-refractivity contribution in [2.45, 2.75) is 19.9 Å². The lowest BCUT2D eigenvalue weighted by molar-refractivity contribution is 0.386. The van der Waals surface area contributed by atoms with Crippen molar-refractivity contribution in [1.82, 2.24) is 0 Å². The van der Waals surface area contributed by atoms with Crippen LogP contribution in [0.5, 0.6) is 5.75 Å². The second-order valence-electron chi connectivity index (χ2n) is 4.85. The lowest BCUT2D eigenvalue weighted by Gasteiger charge is -2.07. The molecule has 4 nitrogen and oxygen atoms in total. The first kappa shape index (κ1) is 19.2. The number of hydrogen-bond donors (Lipinski definition) is 2. The van der Waals surface area contributed by atoms with E-state index in [1.165, 1.54) is 18.7 Å². The zero-order chi connectivity index (χ0) is 15.9. The molecule has 124 valence electrons. The molecule has 0 aliphatic carbocycles. The number of rotatable bonds is 5. The summed E-state index contributed by atoms with van der Waals surface area (Å²) in [5.74, 6) is 0.108. The molecule has 23 heavy (non-hydrogen) atoms. The highest BCUT2D eigenvalue weighted by Crippen LogP contribution is 2.18. The van der Waals surface area contributed by atoms with Crippen molar-refractivity contribution in [2.24, 2.45) is 10.7 Å². The van der Waals surface area contributed by atoms with Crippen LogP contribution in [-0.2, 0) is 13.0 Å². The molecule has 0 heterocycles. The molecular formula is C17H21FIN3O. The van der Waals surface area contributed by atoms with E-state index in [0.717, 1.165) is 17.7 Å². The average molecular weight is 429 g/mol. The second-order valence-corrected chi connectivity index (χ2v) is 4.85. The third-order valence-corrected chi connectivity index (χ3v) is 3.26. The normalized spacial score (nSPS) is 10.8. The maximum atomic E-state index is 13.6. The number of hydrogen-bond acceptors (Lipinski definition) is 2. The number of anilines is 1. The van der Waals surface area contributed by atoms with Crippen LogP contribution in [-0.4, -0.2) is 13.1 Å². The molecule has 0 spiro atoms. The van der Waals surface area contributed by atoms with E-state index in [1.54, 1.807) is 12.1 Å². The molecule has 0 aliphatic rings. The fraction of sp³-hybridized carbons (Fsp3) is 0.235. The molecule has 3 N–H and O–H groups in total. The van der Waals surface area contributed by atoms with Gasteiger partial charge in [0, 0.05) is 5.69 Å². The highest BCUT2D eigenvalue weighted by atomic mass is 127. The van der Waals surface area contributed by atoms with E-state index in [1.807, 2.05) is 18.2 Å². The van der Waals surface area contributed by atoms with Gasteiger partial charge in [0.1, 0.15) is 0 Å². The first-order valence-corrected chi connectivity index (χ1v) is 7.10. The number of benzene rings is 2. The first-order chi connectivity index (χ1) is 10.6. The maximum Gasteiger partial charge on any atom is 0.193 e. The number of nitrogens with one attached hydrogen (secondary N) is 1. The molecule has 0 radical (unpaired) electrons. The highest BCUT2D eigenvalue weighted by Gasteiger charge is 2.03. The van der Waals surface area contributed by atoms with E-state index in [-0.39, 0.29) is 29.7 Å². The Morgan fingerprint density at radius 3 is 2.65 bits per heavy atom. The molecule has 0 atom stereocenters. The predicted molar refractivity (Wildman–Crippen MR) is 103 cm³/mol. The van der Waals surface area contributed by atoms with Crippen molar-refractivity contribution < 1.29 is 9.13 Å². The van der Waals surface area contributed by atoms with Crippen LogP contribution in [0.25, 0.3) is 0 Å². The molecule has 0 aliphatic heterocycles. The van der Waals surface area contributed by atoms with E-state index in [0.29, 0.717) is 12.5 Å². The molecule has 2 aromatic carbocycles. The van der Waals surface area contributed by atoms with E-state index in [4.69, 9.17) is 10.5 Å². The summed E-state index contributed by atoms with van der Waals surface area (Å²) in [4.78, 5) is 4.22. The molecule has 0 amide bonds. The van der Waals surface area contributed by atoms with Crippen LogP contribution in [0, 0.1) is 5.82 Å². The number of nitrogens with zero attached hydrogens (tertiary/aromatic N) is 1. The third kappa shape index (κ3) is 5.70. The van der Waals surface area contributed by atoms with Gasteiger partial charge in [-0.3, -0.25) is 0 Å². The minimum Gasteiger partial charge on any atom is -0.494 e. The first-order valence-electron chi connectivity index (χ1n) is 7.10. The summed E-state index contributed by atoms with van der Waals surface area (Å²) in [7, 11) is 1.43. The van der Waals surface area contributed by atoms with E-state index >= 15 is 0 Å². The van der Waals surface area contributed by atoms with Crippen molar-refractivity contribution in [3.05, 3.63) is 59.4 Å². The van der Waals surface area contributed by atoms with Crippen molar-refractivity contribution >= 4 is 35.6 Å². The van der Waals surface area contributed by atoms with Gasteiger partial charge in [-0.25, -0.2) is 9.38 Å². The Bertz CT molecular complexity index is 677. The predicted octanol–water partition coefficient (Wildman–Crippen LogP) is 3.94. The zero-order valence-electron chi connectivity index (χ0n) is 13.2. The van der Waals surface area contributed by atoms with Crippen molar-refractivity contribution in [2.75, 3.05) is 12.4 Å². The maximum absolute atomic E-state index is 13.6. The van der Waals surface area contributed by atoms with Crippen LogP contribution in [0.1, 0.15) is 18.1 Å². The molecule has 2 rings (SSSR count). The van der Waals surface area contributed by atoms with Crippen molar-refractivity contribution in [3.8, 4) is 5.75 Å². The SMILES string of the molecule is CCc1cccc(NC(N)=NCc2ccc(OC)c(F)c2)c1.I. The number of aliphatic imine (C=N–C) groups is 1. The van der Waals surface area contributed by atoms with Gasteiger partial charge < -0.3 is 15.8 Å². The summed E-state index contributed by atoms with van der Waals surface area (Å²) in [5, 5.41) is 3.03.